The van der Waals surface area contributed by atoms with E-state index in [0.717, 1.165) is 77.0 Å². The standard InChI is InChI=1S/C43H64F5NO7S/c1-40(2,3)56-38(51)49-23-19-31(20-24-49)54-39(52)55-32-14-15-33-30(28-32)27-29(37-34(33)18-22-41(4)35(37)16-17-36(41)50)13-10-8-6-5-7-9-11-25-57(53)26-12-21-42(44,45)43(46,47)48/h14-15,28-29,31,34-37,50H,5-13,16-27H2,1-4H3/t29-,34-,35+,36+,37-,41+,57?/m1/s1. The van der Waals surface area contributed by atoms with Crippen LogP contribution >= 0.6 is 0 Å². The lowest BCUT2D eigenvalue weighted by atomic mass is 9.52. The van der Waals surface area contributed by atoms with Crippen LogP contribution in [0.5, 0.6) is 5.75 Å². The summed E-state index contributed by atoms with van der Waals surface area (Å²) in [6.07, 6.45) is 4.55. The molecule has 3 aliphatic carbocycles. The summed E-state index contributed by atoms with van der Waals surface area (Å²) in [5.74, 6) is -2.31. The first-order chi connectivity index (χ1) is 26.8. The van der Waals surface area contributed by atoms with Gasteiger partial charge in [-0.05, 0) is 131 Å². The molecule has 8 nitrogen and oxygen atoms in total. The fraction of sp³-hybridized carbons (Fsp3) is 0.814. The van der Waals surface area contributed by atoms with Crippen molar-refractivity contribution in [2.24, 2.45) is 23.2 Å². The number of nitrogens with zero attached hydrogens (tertiary/aromatic N) is 1. The van der Waals surface area contributed by atoms with E-state index >= 15 is 0 Å². The van der Waals surface area contributed by atoms with Crippen LogP contribution < -0.4 is 4.74 Å². The van der Waals surface area contributed by atoms with E-state index in [1.54, 1.807) is 4.90 Å². The first-order valence-corrected chi connectivity index (χ1v) is 22.7. The first kappa shape index (κ1) is 45.8. The number of amides is 1. The average Bonchev–Trinajstić information content (AvgIpc) is 3.43. The van der Waals surface area contributed by atoms with Gasteiger partial charge in [-0.15, -0.1) is 0 Å². The molecule has 1 aromatic rings. The summed E-state index contributed by atoms with van der Waals surface area (Å²) in [5, 5.41) is 11.1. The van der Waals surface area contributed by atoms with Crippen molar-refractivity contribution in [3.05, 3.63) is 29.3 Å². The molecule has 0 bridgehead atoms. The summed E-state index contributed by atoms with van der Waals surface area (Å²) in [5.41, 5.74) is 1.90. The van der Waals surface area contributed by atoms with Gasteiger partial charge in [-0.1, -0.05) is 56.3 Å². The molecule has 0 spiro atoms. The Kier molecular flexibility index (Phi) is 15.6. The Labute approximate surface area is 338 Å². The lowest BCUT2D eigenvalue weighted by Gasteiger charge is -2.53. The summed E-state index contributed by atoms with van der Waals surface area (Å²) in [6.45, 7) is 8.64. The number of benzene rings is 1. The zero-order valence-corrected chi connectivity index (χ0v) is 35.0. The first-order valence-electron chi connectivity index (χ1n) is 21.2. The van der Waals surface area contributed by atoms with Crippen LogP contribution in [-0.2, 0) is 27.1 Å². The van der Waals surface area contributed by atoms with Gasteiger partial charge >= 0.3 is 24.3 Å². The summed E-state index contributed by atoms with van der Waals surface area (Å²) in [4.78, 5) is 27.0. The zero-order valence-electron chi connectivity index (χ0n) is 34.2. The van der Waals surface area contributed by atoms with Crippen LogP contribution in [0.1, 0.15) is 147 Å². The highest BCUT2D eigenvalue weighted by Gasteiger charge is 2.57. The van der Waals surface area contributed by atoms with E-state index in [2.05, 4.69) is 13.0 Å². The molecule has 5 rings (SSSR count). The molecule has 3 fully saturated rings. The molecule has 1 heterocycles. The van der Waals surface area contributed by atoms with Gasteiger partial charge in [0, 0.05) is 32.4 Å². The van der Waals surface area contributed by atoms with Gasteiger partial charge in [0.15, 0.2) is 0 Å². The van der Waals surface area contributed by atoms with Crippen molar-refractivity contribution in [1.29, 1.82) is 0 Å². The number of aliphatic hydroxyl groups excluding tert-OH is 1. The number of unbranched alkanes of at least 4 members (excludes halogenated alkanes) is 6. The highest BCUT2D eigenvalue weighted by atomic mass is 32.2. The Morgan fingerprint density at radius 3 is 2.23 bits per heavy atom. The molecule has 324 valence electrons. The van der Waals surface area contributed by atoms with Gasteiger partial charge in [0.2, 0.25) is 0 Å². The van der Waals surface area contributed by atoms with E-state index in [1.165, 1.54) is 11.1 Å². The number of carbonyl (C=O) groups excluding carboxylic acids is 2. The van der Waals surface area contributed by atoms with E-state index in [1.807, 2.05) is 32.9 Å². The molecule has 1 N–H and O–H groups in total. The number of hydrogen-bond acceptors (Lipinski definition) is 7. The molecule has 57 heavy (non-hydrogen) atoms. The molecule has 0 aromatic heterocycles. The molecule has 1 aliphatic heterocycles. The van der Waals surface area contributed by atoms with Crippen molar-refractivity contribution in [2.75, 3.05) is 24.6 Å². The van der Waals surface area contributed by atoms with Crippen molar-refractivity contribution in [1.82, 2.24) is 4.90 Å². The lowest BCUT2D eigenvalue weighted by molar-refractivity contribution is -0.284. The third-order valence-electron chi connectivity index (χ3n) is 13.1. The van der Waals surface area contributed by atoms with Crippen molar-refractivity contribution in [3.63, 3.8) is 0 Å². The van der Waals surface area contributed by atoms with Gasteiger partial charge in [-0.3, -0.25) is 0 Å². The topological polar surface area (TPSA) is 108 Å². The zero-order chi connectivity index (χ0) is 41.6. The summed E-state index contributed by atoms with van der Waals surface area (Å²) < 4.78 is 92.1. The highest BCUT2D eigenvalue weighted by molar-refractivity contribution is 7.91. The van der Waals surface area contributed by atoms with Gasteiger partial charge < -0.3 is 28.8 Å². The maximum atomic E-state index is 13.1. The van der Waals surface area contributed by atoms with Gasteiger partial charge in [-0.2, -0.15) is 22.0 Å². The maximum absolute atomic E-state index is 13.1. The normalized spacial score (nSPS) is 27.3. The quantitative estimate of drug-likeness (QED) is 0.0581. The van der Waals surface area contributed by atoms with Gasteiger partial charge in [-0.25, -0.2) is 9.59 Å². The molecule has 4 aliphatic rings. The smallest absolute Gasteiger partial charge is 0.514 e. The molecule has 1 saturated heterocycles. The molecule has 2 saturated carbocycles. The molecule has 0 radical (unpaired) electrons. The Balaban J connectivity index is 1.07. The largest absolute Gasteiger partial charge is 0.616 e. The number of rotatable bonds is 16. The van der Waals surface area contributed by atoms with Crippen molar-refractivity contribution < 1.29 is 55.4 Å². The SMILES string of the molecule is CC(C)(C)OC(=O)N1CCC(OC(=O)Oc2ccc3c(c2)C[C@@H](CCCCCCCCC[S+]([O-])CCCC(F)(F)C(F)(F)F)[C@@H]2[C@@H]3CC[C@]3(C)[C@@H](O)CC[C@@H]23)CC1. The van der Waals surface area contributed by atoms with E-state index in [0.29, 0.717) is 67.5 Å². The fourth-order valence-corrected chi connectivity index (χ4v) is 11.3. The predicted molar refractivity (Wildman–Crippen MR) is 209 cm³/mol. The van der Waals surface area contributed by atoms with Crippen LogP contribution in [0.15, 0.2) is 18.2 Å². The minimum Gasteiger partial charge on any atom is -0.616 e. The number of ether oxygens (including phenoxy) is 3. The monoisotopic (exact) mass is 833 g/mol. The molecule has 1 amide bonds. The third kappa shape index (κ3) is 12.1. The Hall–Kier alpha value is -2.32. The predicted octanol–water partition coefficient (Wildman–Crippen LogP) is 10.9. The molecule has 14 heteroatoms. The second-order valence-corrected chi connectivity index (χ2v) is 20.0. The van der Waals surface area contributed by atoms with Crippen LogP contribution in [0, 0.1) is 23.2 Å². The minimum absolute atomic E-state index is 0.0649. The van der Waals surface area contributed by atoms with Gasteiger partial charge in [0.05, 0.1) is 6.10 Å². The van der Waals surface area contributed by atoms with E-state index in [9.17, 15) is 41.2 Å². The summed E-state index contributed by atoms with van der Waals surface area (Å²) in [6, 6.07) is 6.01. The molecular formula is C43H64F5NO7S. The second-order valence-electron chi connectivity index (χ2n) is 18.3. The maximum Gasteiger partial charge on any atom is 0.514 e. The molecule has 7 atom stereocenters. The minimum atomic E-state index is -5.57. The van der Waals surface area contributed by atoms with E-state index < -0.39 is 47.9 Å². The van der Waals surface area contributed by atoms with Crippen LogP contribution in [-0.4, -0.2) is 81.3 Å². The number of halogens is 5. The van der Waals surface area contributed by atoms with E-state index in [-0.39, 0.29) is 29.5 Å². The molecule has 1 unspecified atom stereocenters. The number of likely N-dealkylation sites (tertiary alicyclic amines) is 1. The van der Waals surface area contributed by atoms with E-state index in [4.69, 9.17) is 14.2 Å². The second kappa shape index (κ2) is 19.4. The van der Waals surface area contributed by atoms with Crippen molar-refractivity contribution in [2.45, 2.75) is 173 Å². The Morgan fingerprint density at radius 2 is 1.56 bits per heavy atom. The number of carbonyl (C=O) groups is 2. The number of fused-ring (bicyclic) bond motifs is 5. The van der Waals surface area contributed by atoms with Crippen molar-refractivity contribution >= 4 is 23.4 Å². The van der Waals surface area contributed by atoms with Gasteiger partial charge in [0.25, 0.3) is 0 Å². The van der Waals surface area contributed by atoms with Gasteiger partial charge in [0.1, 0.15) is 29.0 Å². The molecular weight excluding hydrogens is 770 g/mol. The Bertz CT molecular complexity index is 1480. The van der Waals surface area contributed by atoms with Crippen LogP contribution in [0.3, 0.4) is 0 Å². The Morgan fingerprint density at radius 1 is 0.912 bits per heavy atom. The van der Waals surface area contributed by atoms with Crippen LogP contribution in [0.25, 0.3) is 0 Å². The third-order valence-corrected chi connectivity index (χ3v) is 14.6. The lowest BCUT2D eigenvalue weighted by Crippen LogP contribution is -2.47. The van der Waals surface area contributed by atoms with Crippen molar-refractivity contribution in [3.8, 4) is 5.75 Å². The number of alkyl halides is 5. The summed E-state index contributed by atoms with van der Waals surface area (Å²) >= 11 is -1.39. The summed E-state index contributed by atoms with van der Waals surface area (Å²) in [7, 11) is 0. The van der Waals surface area contributed by atoms with Crippen LogP contribution in [0.4, 0.5) is 31.5 Å². The number of aliphatic hydroxyl groups is 1. The number of piperidine rings is 1. The highest BCUT2D eigenvalue weighted by Crippen LogP contribution is 2.63. The van der Waals surface area contributed by atoms with Crippen LogP contribution in [0.2, 0.25) is 0 Å². The fourth-order valence-electron chi connectivity index (χ4n) is 10.1. The molecule has 1 aromatic carbocycles. The average molecular weight is 834 g/mol. The number of hydrogen-bond donors (Lipinski definition) is 1.